The third-order valence-corrected chi connectivity index (χ3v) is 5.81. The Balaban J connectivity index is 2.00. The summed E-state index contributed by atoms with van der Waals surface area (Å²) >= 11 is 0. The van der Waals surface area contributed by atoms with Crippen molar-refractivity contribution >= 4 is 17.0 Å². The molecule has 5 heteroatoms. The number of ether oxygens (including phenoxy) is 1. The lowest BCUT2D eigenvalue weighted by Crippen LogP contribution is -2.23. The number of fused-ring (bicyclic) bond motifs is 1. The summed E-state index contributed by atoms with van der Waals surface area (Å²) in [6.45, 7) is 7.33. The van der Waals surface area contributed by atoms with E-state index in [-0.39, 0.29) is 6.54 Å². The zero-order chi connectivity index (χ0) is 23.6. The number of carboxylic acid groups (broad SMARTS) is 1. The Morgan fingerprint density at radius 1 is 1.06 bits per heavy atom. The Bertz CT molecular complexity index is 1050. The molecule has 1 heterocycles. The molecule has 1 aromatic heterocycles. The van der Waals surface area contributed by atoms with Crippen LogP contribution >= 0.6 is 0 Å². The second-order valence-corrected chi connectivity index (χ2v) is 9.04. The molecule has 2 aromatic carbocycles. The van der Waals surface area contributed by atoms with Gasteiger partial charge >= 0.3 is 6.09 Å². The molecule has 5 nitrogen and oxygen atoms in total. The van der Waals surface area contributed by atoms with Gasteiger partial charge in [0.1, 0.15) is 12.4 Å². The molecule has 3 rings (SSSR count). The molecule has 2 N–H and O–H groups in total. The normalized spacial score (nSPS) is 11.2. The van der Waals surface area contributed by atoms with Gasteiger partial charge in [0.25, 0.3) is 0 Å². The zero-order valence-electron chi connectivity index (χ0n) is 20.1. The van der Waals surface area contributed by atoms with Crippen LogP contribution in [0.15, 0.2) is 48.5 Å². The van der Waals surface area contributed by atoms with E-state index in [0.717, 1.165) is 59.2 Å². The van der Waals surface area contributed by atoms with E-state index in [0.29, 0.717) is 12.5 Å². The largest absolute Gasteiger partial charge is 0.489 e. The third-order valence-electron chi connectivity index (χ3n) is 5.81. The Kier molecular flexibility index (Phi) is 9.11. The number of benzene rings is 2. The van der Waals surface area contributed by atoms with E-state index >= 15 is 0 Å². The monoisotopic (exact) mass is 448 g/mol. The minimum Gasteiger partial charge on any atom is -0.489 e. The van der Waals surface area contributed by atoms with Crippen LogP contribution in [0.2, 0.25) is 0 Å². The predicted molar refractivity (Wildman–Crippen MR) is 134 cm³/mol. The van der Waals surface area contributed by atoms with Crippen LogP contribution in [0.5, 0.6) is 5.75 Å². The maximum Gasteiger partial charge on any atom is 0.404 e. The first-order chi connectivity index (χ1) is 16.0. The lowest BCUT2D eigenvalue weighted by molar-refractivity contribution is 0.194. The van der Waals surface area contributed by atoms with Crippen LogP contribution in [-0.4, -0.2) is 16.2 Å². The molecule has 0 saturated heterocycles. The molecule has 0 spiro atoms. The quantitative estimate of drug-likeness (QED) is 0.296. The number of aromatic nitrogens is 1. The topological polar surface area (TPSA) is 71.5 Å². The molecule has 176 valence electrons. The highest BCUT2D eigenvalue weighted by Crippen LogP contribution is 2.30. The number of aryl methyl sites for hydroxylation is 1. The summed E-state index contributed by atoms with van der Waals surface area (Å²) in [5.74, 6) is 1.23. The summed E-state index contributed by atoms with van der Waals surface area (Å²) in [5, 5.41) is 12.9. The van der Waals surface area contributed by atoms with Gasteiger partial charge in [-0.1, -0.05) is 70.4 Å². The first-order valence-corrected chi connectivity index (χ1v) is 12.1. The van der Waals surface area contributed by atoms with Gasteiger partial charge in [0.05, 0.1) is 5.52 Å². The van der Waals surface area contributed by atoms with E-state index in [1.54, 1.807) is 0 Å². The van der Waals surface area contributed by atoms with Crippen molar-refractivity contribution in [3.8, 4) is 5.75 Å². The molecule has 0 saturated carbocycles. The highest BCUT2D eigenvalue weighted by atomic mass is 16.5. The smallest absolute Gasteiger partial charge is 0.404 e. The Labute approximate surface area is 197 Å². The summed E-state index contributed by atoms with van der Waals surface area (Å²) in [6.07, 6.45) is 5.33. The number of nitrogens with one attached hydrogen (secondary N) is 1. The lowest BCUT2D eigenvalue weighted by atomic mass is 9.92. The molecular formula is C28H36N2O3. The van der Waals surface area contributed by atoms with Gasteiger partial charge in [-0.3, -0.25) is 4.98 Å². The van der Waals surface area contributed by atoms with Crippen molar-refractivity contribution in [3.05, 3.63) is 70.9 Å². The van der Waals surface area contributed by atoms with E-state index in [1.807, 2.05) is 30.3 Å². The van der Waals surface area contributed by atoms with Gasteiger partial charge in [-0.15, -0.1) is 0 Å². The van der Waals surface area contributed by atoms with Crippen molar-refractivity contribution in [2.75, 3.05) is 0 Å². The second kappa shape index (κ2) is 12.2. The average Bonchev–Trinajstić information content (AvgIpc) is 2.80. The molecular weight excluding hydrogens is 412 g/mol. The highest BCUT2D eigenvalue weighted by Gasteiger charge is 2.17. The van der Waals surface area contributed by atoms with E-state index < -0.39 is 6.09 Å². The first kappa shape index (κ1) is 24.6. The first-order valence-electron chi connectivity index (χ1n) is 12.1. The van der Waals surface area contributed by atoms with Crippen LogP contribution in [0.25, 0.3) is 10.9 Å². The van der Waals surface area contributed by atoms with E-state index in [1.165, 1.54) is 18.4 Å². The Hall–Kier alpha value is -3.08. The van der Waals surface area contributed by atoms with Crippen LogP contribution in [0.4, 0.5) is 4.79 Å². The number of pyridine rings is 1. The number of unbranched alkanes of at least 4 members (excludes halogenated alkanes) is 3. The molecule has 0 radical (unpaired) electrons. The molecule has 1 amide bonds. The molecule has 0 aliphatic carbocycles. The van der Waals surface area contributed by atoms with Crippen LogP contribution in [-0.2, 0) is 26.0 Å². The summed E-state index contributed by atoms with van der Waals surface area (Å²) < 4.78 is 6.09. The van der Waals surface area contributed by atoms with Crippen LogP contribution in [0.1, 0.15) is 68.8 Å². The van der Waals surface area contributed by atoms with Crippen molar-refractivity contribution in [3.63, 3.8) is 0 Å². The average molecular weight is 449 g/mol. The fourth-order valence-electron chi connectivity index (χ4n) is 4.18. The number of amides is 1. The summed E-state index contributed by atoms with van der Waals surface area (Å²) in [4.78, 5) is 16.3. The van der Waals surface area contributed by atoms with Crippen molar-refractivity contribution in [2.24, 2.45) is 5.92 Å². The minimum atomic E-state index is -1.01. The number of hydrogen-bond acceptors (Lipinski definition) is 3. The summed E-state index contributed by atoms with van der Waals surface area (Å²) in [6, 6.07) is 16.2. The van der Waals surface area contributed by atoms with Gasteiger partial charge in [-0.25, -0.2) is 4.79 Å². The standard InChI is InChI=1S/C28H36N2O3/c1-4-5-6-10-13-23-24-17-22(33-19-21-11-8-7-9-12-21)14-15-26(24)30-27(16-20(2)3)25(23)18-29-28(31)32/h7-9,11-12,14-15,17,20,29H,4-6,10,13,16,18-19H2,1-3H3,(H,31,32). The van der Waals surface area contributed by atoms with Crippen molar-refractivity contribution in [1.29, 1.82) is 0 Å². The molecule has 0 aliphatic heterocycles. The fraction of sp³-hybridized carbons (Fsp3) is 0.429. The van der Waals surface area contributed by atoms with Crippen molar-refractivity contribution in [2.45, 2.75) is 72.4 Å². The highest BCUT2D eigenvalue weighted by molar-refractivity contribution is 5.85. The van der Waals surface area contributed by atoms with Crippen LogP contribution < -0.4 is 10.1 Å². The number of nitrogens with zero attached hydrogens (tertiary/aromatic N) is 1. The van der Waals surface area contributed by atoms with Crippen LogP contribution in [0, 0.1) is 5.92 Å². The minimum absolute atomic E-state index is 0.276. The van der Waals surface area contributed by atoms with Gasteiger partial charge in [0.15, 0.2) is 0 Å². The predicted octanol–water partition coefficient (Wildman–Crippen LogP) is 6.90. The number of hydrogen-bond donors (Lipinski definition) is 2. The second-order valence-electron chi connectivity index (χ2n) is 9.04. The summed E-state index contributed by atoms with van der Waals surface area (Å²) in [7, 11) is 0. The number of rotatable bonds is 12. The molecule has 0 atom stereocenters. The molecule has 3 aromatic rings. The van der Waals surface area contributed by atoms with E-state index in [9.17, 15) is 9.90 Å². The fourth-order valence-corrected chi connectivity index (χ4v) is 4.18. The Morgan fingerprint density at radius 3 is 2.55 bits per heavy atom. The van der Waals surface area contributed by atoms with Gasteiger partial charge in [0.2, 0.25) is 0 Å². The van der Waals surface area contributed by atoms with Crippen molar-refractivity contribution in [1.82, 2.24) is 10.3 Å². The molecule has 0 bridgehead atoms. The van der Waals surface area contributed by atoms with Gasteiger partial charge in [0, 0.05) is 17.6 Å². The van der Waals surface area contributed by atoms with E-state index in [2.05, 4.69) is 44.3 Å². The molecule has 33 heavy (non-hydrogen) atoms. The van der Waals surface area contributed by atoms with Gasteiger partial charge in [-0.05, 0) is 60.1 Å². The maximum absolute atomic E-state index is 11.3. The van der Waals surface area contributed by atoms with Crippen molar-refractivity contribution < 1.29 is 14.6 Å². The van der Waals surface area contributed by atoms with Gasteiger partial charge < -0.3 is 15.2 Å². The SMILES string of the molecule is CCCCCCc1c(CNC(=O)O)c(CC(C)C)nc2ccc(OCc3ccccc3)cc12. The molecule has 0 fully saturated rings. The van der Waals surface area contributed by atoms with Crippen LogP contribution in [0.3, 0.4) is 0 Å². The Morgan fingerprint density at radius 2 is 1.85 bits per heavy atom. The summed E-state index contributed by atoms with van der Waals surface area (Å²) in [5.41, 5.74) is 5.28. The number of carbonyl (C=O) groups is 1. The lowest BCUT2D eigenvalue weighted by Gasteiger charge is -2.19. The molecule has 0 unspecified atom stereocenters. The molecule has 0 aliphatic rings. The third kappa shape index (κ3) is 7.21. The zero-order valence-corrected chi connectivity index (χ0v) is 20.1. The van der Waals surface area contributed by atoms with E-state index in [4.69, 9.17) is 9.72 Å². The van der Waals surface area contributed by atoms with Gasteiger partial charge in [-0.2, -0.15) is 0 Å². The maximum atomic E-state index is 11.3.